The van der Waals surface area contributed by atoms with Gasteiger partial charge in [0.15, 0.2) is 0 Å². The maximum Gasteiger partial charge on any atom is 0.0991 e. The van der Waals surface area contributed by atoms with Crippen LogP contribution in [0, 0.1) is 11.3 Å². The van der Waals surface area contributed by atoms with Gasteiger partial charge >= 0.3 is 0 Å². The summed E-state index contributed by atoms with van der Waals surface area (Å²) in [6.45, 7) is 3.06. The number of rotatable bonds is 7. The number of azo groups is 1. The van der Waals surface area contributed by atoms with Crippen LogP contribution in [0.2, 0.25) is 0 Å². The molecule has 23 heavy (non-hydrogen) atoms. The standard InChI is InChI=1S/C18H19N3O2/c1-14(13-23-11-10-22)16-4-8-18(9-5-16)21-20-17-6-2-15(12-19)3-7-17/h2-9,14,22H,10-11,13H2,1H3/b21-20+. The summed E-state index contributed by atoms with van der Waals surface area (Å²) in [7, 11) is 0. The summed E-state index contributed by atoms with van der Waals surface area (Å²) in [6.07, 6.45) is 0. The van der Waals surface area contributed by atoms with Gasteiger partial charge in [-0.1, -0.05) is 19.1 Å². The van der Waals surface area contributed by atoms with Crippen LogP contribution in [0.3, 0.4) is 0 Å². The van der Waals surface area contributed by atoms with E-state index in [0.29, 0.717) is 24.5 Å². The molecule has 5 nitrogen and oxygen atoms in total. The van der Waals surface area contributed by atoms with Gasteiger partial charge in [-0.25, -0.2) is 0 Å². The van der Waals surface area contributed by atoms with Gasteiger partial charge in [0.25, 0.3) is 0 Å². The van der Waals surface area contributed by atoms with E-state index in [1.807, 2.05) is 24.3 Å². The fourth-order valence-electron chi connectivity index (χ4n) is 2.01. The fourth-order valence-corrected chi connectivity index (χ4v) is 2.01. The second-order valence-corrected chi connectivity index (χ2v) is 5.15. The minimum atomic E-state index is 0.0430. The van der Waals surface area contributed by atoms with Gasteiger partial charge in [-0.15, -0.1) is 0 Å². The molecule has 0 aliphatic carbocycles. The highest BCUT2D eigenvalue weighted by Crippen LogP contribution is 2.22. The van der Waals surface area contributed by atoms with Crippen LogP contribution in [0.5, 0.6) is 0 Å². The van der Waals surface area contributed by atoms with Crippen LogP contribution in [-0.4, -0.2) is 24.9 Å². The molecule has 0 heterocycles. The van der Waals surface area contributed by atoms with Crippen molar-refractivity contribution in [3.8, 4) is 6.07 Å². The van der Waals surface area contributed by atoms with Crippen molar-refractivity contribution in [3.63, 3.8) is 0 Å². The topological polar surface area (TPSA) is 78.0 Å². The normalized spacial score (nSPS) is 12.2. The summed E-state index contributed by atoms with van der Waals surface area (Å²) in [6, 6.07) is 16.8. The molecule has 1 atom stereocenters. The van der Waals surface area contributed by atoms with E-state index in [2.05, 4.69) is 23.2 Å². The SMILES string of the molecule is CC(COCCO)c1ccc(/N=N/c2ccc(C#N)cc2)cc1. The number of hydrogen-bond donors (Lipinski definition) is 1. The van der Waals surface area contributed by atoms with Crippen LogP contribution in [0.4, 0.5) is 11.4 Å². The van der Waals surface area contributed by atoms with Gasteiger partial charge in [0.1, 0.15) is 0 Å². The zero-order valence-corrected chi connectivity index (χ0v) is 13.0. The molecule has 0 bridgehead atoms. The highest BCUT2D eigenvalue weighted by atomic mass is 16.5. The largest absolute Gasteiger partial charge is 0.394 e. The highest BCUT2D eigenvalue weighted by Gasteiger charge is 2.05. The van der Waals surface area contributed by atoms with Crippen molar-refractivity contribution < 1.29 is 9.84 Å². The fraction of sp³-hybridized carbons (Fsp3) is 0.278. The third-order valence-corrected chi connectivity index (χ3v) is 3.34. The molecule has 1 unspecified atom stereocenters. The van der Waals surface area contributed by atoms with Crippen LogP contribution in [-0.2, 0) is 4.74 Å². The molecule has 0 saturated heterocycles. The molecule has 2 aromatic carbocycles. The summed E-state index contributed by atoms with van der Waals surface area (Å²) in [5.41, 5.74) is 3.23. The first-order valence-electron chi connectivity index (χ1n) is 7.43. The lowest BCUT2D eigenvalue weighted by Gasteiger charge is -2.11. The Bertz CT molecular complexity index is 673. The lowest BCUT2D eigenvalue weighted by molar-refractivity contribution is 0.0849. The highest BCUT2D eigenvalue weighted by molar-refractivity contribution is 5.44. The molecule has 118 valence electrons. The van der Waals surface area contributed by atoms with Gasteiger partial charge < -0.3 is 9.84 Å². The van der Waals surface area contributed by atoms with E-state index in [1.54, 1.807) is 24.3 Å². The number of nitriles is 1. The summed E-state index contributed by atoms with van der Waals surface area (Å²) < 4.78 is 5.34. The minimum Gasteiger partial charge on any atom is -0.394 e. The minimum absolute atomic E-state index is 0.0430. The molecule has 2 rings (SSSR count). The molecule has 0 amide bonds. The molecule has 1 N–H and O–H groups in total. The Balaban J connectivity index is 1.96. The quantitative estimate of drug-likeness (QED) is 0.618. The van der Waals surface area contributed by atoms with Gasteiger partial charge in [-0.3, -0.25) is 0 Å². The maximum atomic E-state index is 8.75. The van der Waals surface area contributed by atoms with Crippen molar-refractivity contribution in [2.24, 2.45) is 10.2 Å². The van der Waals surface area contributed by atoms with E-state index in [4.69, 9.17) is 15.1 Å². The zero-order valence-electron chi connectivity index (χ0n) is 13.0. The predicted octanol–water partition coefficient (Wildman–Crippen LogP) is 4.09. The van der Waals surface area contributed by atoms with Crippen LogP contribution < -0.4 is 0 Å². The molecule has 0 aromatic heterocycles. The first-order chi connectivity index (χ1) is 11.2. The molecule has 0 aliphatic rings. The average molecular weight is 309 g/mol. The van der Waals surface area contributed by atoms with E-state index >= 15 is 0 Å². The second-order valence-electron chi connectivity index (χ2n) is 5.15. The molecule has 2 aromatic rings. The Morgan fingerprint density at radius 2 is 1.61 bits per heavy atom. The van der Waals surface area contributed by atoms with Crippen molar-refractivity contribution >= 4 is 11.4 Å². The molecule has 0 spiro atoms. The van der Waals surface area contributed by atoms with Crippen molar-refractivity contribution in [3.05, 3.63) is 59.7 Å². The molecule has 0 saturated carbocycles. The first kappa shape index (κ1) is 16.8. The van der Waals surface area contributed by atoms with Crippen molar-refractivity contribution in [2.45, 2.75) is 12.8 Å². The van der Waals surface area contributed by atoms with E-state index in [1.165, 1.54) is 0 Å². The Morgan fingerprint density at radius 1 is 1.04 bits per heavy atom. The second kappa shape index (κ2) is 8.79. The average Bonchev–Trinajstić information content (AvgIpc) is 2.61. The van der Waals surface area contributed by atoms with Crippen molar-refractivity contribution in [2.75, 3.05) is 19.8 Å². The van der Waals surface area contributed by atoms with E-state index in [-0.39, 0.29) is 12.5 Å². The van der Waals surface area contributed by atoms with E-state index in [0.717, 1.165) is 11.3 Å². The number of aliphatic hydroxyl groups is 1. The third-order valence-electron chi connectivity index (χ3n) is 3.34. The molecule has 0 fully saturated rings. The Kier molecular flexibility index (Phi) is 6.42. The Morgan fingerprint density at radius 3 is 2.13 bits per heavy atom. The lowest BCUT2D eigenvalue weighted by Crippen LogP contribution is -2.07. The van der Waals surface area contributed by atoms with Crippen LogP contribution in [0.15, 0.2) is 58.8 Å². The van der Waals surface area contributed by atoms with Gasteiger partial charge in [0, 0.05) is 5.92 Å². The van der Waals surface area contributed by atoms with Crippen LogP contribution in [0.25, 0.3) is 0 Å². The molecule has 0 radical (unpaired) electrons. The zero-order chi connectivity index (χ0) is 16.5. The molecular formula is C18H19N3O2. The monoisotopic (exact) mass is 309 g/mol. The predicted molar refractivity (Wildman–Crippen MR) is 88.1 cm³/mol. The summed E-state index contributed by atoms with van der Waals surface area (Å²) >= 11 is 0. The first-order valence-corrected chi connectivity index (χ1v) is 7.43. The number of hydrogen-bond acceptors (Lipinski definition) is 5. The van der Waals surface area contributed by atoms with Gasteiger partial charge in [-0.05, 0) is 42.0 Å². The molecular weight excluding hydrogens is 290 g/mol. The van der Waals surface area contributed by atoms with Gasteiger partial charge in [0.2, 0.25) is 0 Å². The van der Waals surface area contributed by atoms with Crippen LogP contribution in [0.1, 0.15) is 24.0 Å². The maximum absolute atomic E-state index is 8.75. The lowest BCUT2D eigenvalue weighted by atomic mass is 10.0. The summed E-state index contributed by atoms with van der Waals surface area (Å²) in [5.74, 6) is 0.256. The van der Waals surface area contributed by atoms with E-state index < -0.39 is 0 Å². The van der Waals surface area contributed by atoms with Crippen molar-refractivity contribution in [1.82, 2.24) is 0 Å². The third kappa shape index (κ3) is 5.29. The molecule has 0 aliphatic heterocycles. The Hall–Kier alpha value is -2.55. The number of aliphatic hydroxyl groups excluding tert-OH is 1. The van der Waals surface area contributed by atoms with Gasteiger partial charge in [0.05, 0.1) is 42.8 Å². The Labute approximate surface area is 135 Å². The number of benzene rings is 2. The number of ether oxygens (including phenoxy) is 1. The number of nitrogens with zero attached hydrogens (tertiary/aromatic N) is 3. The van der Waals surface area contributed by atoms with Crippen LogP contribution >= 0.6 is 0 Å². The summed E-state index contributed by atoms with van der Waals surface area (Å²) in [4.78, 5) is 0. The summed E-state index contributed by atoms with van der Waals surface area (Å²) in [5, 5.41) is 25.8. The molecule has 5 heteroatoms. The smallest absolute Gasteiger partial charge is 0.0991 e. The van der Waals surface area contributed by atoms with Crippen molar-refractivity contribution in [1.29, 1.82) is 5.26 Å². The van der Waals surface area contributed by atoms with Gasteiger partial charge in [-0.2, -0.15) is 15.5 Å². The van der Waals surface area contributed by atoms with E-state index in [9.17, 15) is 0 Å².